The van der Waals surface area contributed by atoms with Crippen LogP contribution >= 0.6 is 0 Å². The van der Waals surface area contributed by atoms with Gasteiger partial charge in [-0.25, -0.2) is 0 Å². The van der Waals surface area contributed by atoms with E-state index in [1.54, 1.807) is 0 Å². The maximum absolute atomic E-state index is 2.89. The van der Waals surface area contributed by atoms with E-state index in [1.165, 1.54) is 0 Å². The van der Waals surface area contributed by atoms with Crippen LogP contribution < -0.4 is 0 Å². The largest absolute Gasteiger partial charge is 3.00 e. The van der Waals surface area contributed by atoms with Crippen LogP contribution in [0.5, 0.6) is 0 Å². The van der Waals surface area contributed by atoms with Crippen LogP contribution in [0.25, 0.3) is 0 Å². The normalized spacial score (nSPS) is 5.33. The zero-order valence-electron chi connectivity index (χ0n) is 5.89. The van der Waals surface area contributed by atoms with Gasteiger partial charge in [-0.3, -0.25) is 0 Å². The molecule has 0 aliphatic heterocycles. The molecule has 0 aliphatic carbocycles. The van der Waals surface area contributed by atoms with Gasteiger partial charge in [0.25, 0.3) is 0 Å². The zero-order chi connectivity index (χ0) is 4.24. The maximum atomic E-state index is 2.89. The molecule has 0 unspecified atom stereocenters. The first-order valence-corrected chi connectivity index (χ1v) is 1.91. The number of rotatable bonds is 0. The van der Waals surface area contributed by atoms with Crippen molar-refractivity contribution in [3.63, 3.8) is 0 Å². The van der Waals surface area contributed by atoms with Crippen molar-refractivity contribution in [1.29, 1.82) is 0 Å². The number of hydrogen-bond acceptors (Lipinski definition) is 0. The van der Waals surface area contributed by atoms with Crippen molar-refractivity contribution >= 4 is 0 Å². The Morgan fingerprint density at radius 1 is 0.778 bits per heavy atom. The van der Waals surface area contributed by atoms with Gasteiger partial charge in [0.2, 0.25) is 0 Å². The third-order valence-electron chi connectivity index (χ3n) is 0.607. The van der Waals surface area contributed by atoms with Crippen LogP contribution in [0.2, 0.25) is 0 Å². The van der Waals surface area contributed by atoms with Gasteiger partial charge in [-0.1, -0.05) is 0 Å². The first-order valence-electron chi connectivity index (χ1n) is 1.91. The molecule has 0 saturated carbocycles. The van der Waals surface area contributed by atoms with E-state index in [1.807, 2.05) is 30.3 Å². The van der Waals surface area contributed by atoms with Crippen LogP contribution in [0.15, 0.2) is 30.3 Å². The molecule has 0 bridgehead atoms. The second-order valence-electron chi connectivity index (χ2n) is 1.08. The molecule has 0 amide bonds. The summed E-state index contributed by atoms with van der Waals surface area (Å²) in [5.41, 5.74) is 0. The van der Waals surface area contributed by atoms with Crippen molar-refractivity contribution in [3.05, 3.63) is 51.3 Å². The Kier molecular flexibility index (Phi) is 19.2. The van der Waals surface area contributed by atoms with Crippen LogP contribution in [0.4, 0.5) is 0 Å². The molecular weight excluding hydrogens is 144 g/mol. The predicted molar refractivity (Wildman–Crippen MR) is 38.1 cm³/mol. The van der Waals surface area contributed by atoms with E-state index in [2.05, 4.69) is 6.07 Å². The van der Waals surface area contributed by atoms with E-state index in [0.29, 0.717) is 0 Å². The van der Waals surface area contributed by atoms with Gasteiger partial charge < -0.3 is 14.9 Å². The Morgan fingerprint density at radius 3 is 1.33 bits per heavy atom. The standard InChI is InChI=1S/C6H5.2CH3.Ti/c1-2-4-6-5-3-1;;;/h1-5H;2*1H3;/q3*-1;+3. The molecule has 0 nitrogen and oxygen atoms in total. The number of hydrogen-bond donors (Lipinski definition) is 0. The van der Waals surface area contributed by atoms with Gasteiger partial charge in [-0.05, 0) is 0 Å². The minimum Gasteiger partial charge on any atom is -0.358 e. The quantitative estimate of drug-likeness (QED) is 0.398. The van der Waals surface area contributed by atoms with Gasteiger partial charge in [0.1, 0.15) is 0 Å². The molecule has 0 saturated heterocycles. The Labute approximate surface area is 73.2 Å². The topological polar surface area (TPSA) is 0 Å². The molecule has 1 heteroatoms. The van der Waals surface area contributed by atoms with Crippen LogP contribution in [0, 0.1) is 20.9 Å². The fourth-order valence-electron chi connectivity index (χ4n) is 0.342. The minimum atomic E-state index is 0. The van der Waals surface area contributed by atoms with Gasteiger partial charge in [0, 0.05) is 0 Å². The van der Waals surface area contributed by atoms with Gasteiger partial charge >= 0.3 is 21.7 Å². The van der Waals surface area contributed by atoms with E-state index in [-0.39, 0.29) is 36.6 Å². The Bertz CT molecular complexity index is 76.5. The van der Waals surface area contributed by atoms with Crippen molar-refractivity contribution in [1.82, 2.24) is 0 Å². The second kappa shape index (κ2) is 10.8. The van der Waals surface area contributed by atoms with Gasteiger partial charge in [-0.2, -0.15) is 36.4 Å². The molecule has 9 heavy (non-hydrogen) atoms. The summed E-state index contributed by atoms with van der Waals surface area (Å²) >= 11 is 0. The smallest absolute Gasteiger partial charge is 0.358 e. The Hall–Kier alpha value is -0.0657. The maximum Gasteiger partial charge on any atom is 3.00 e. The van der Waals surface area contributed by atoms with E-state index < -0.39 is 0 Å². The summed E-state index contributed by atoms with van der Waals surface area (Å²) < 4.78 is 0. The van der Waals surface area contributed by atoms with Crippen molar-refractivity contribution < 1.29 is 21.7 Å². The summed E-state index contributed by atoms with van der Waals surface area (Å²) in [6.07, 6.45) is 0. The zero-order valence-corrected chi connectivity index (χ0v) is 7.45. The Balaban J connectivity index is -0.000000120. The van der Waals surface area contributed by atoms with E-state index in [9.17, 15) is 0 Å². The molecule has 0 aliphatic rings. The molecule has 0 aromatic heterocycles. The van der Waals surface area contributed by atoms with Gasteiger partial charge in [-0.15, -0.1) is 0 Å². The van der Waals surface area contributed by atoms with Crippen molar-refractivity contribution in [2.75, 3.05) is 0 Å². The first-order chi connectivity index (χ1) is 3.00. The molecule has 1 aromatic rings. The summed E-state index contributed by atoms with van der Waals surface area (Å²) in [7, 11) is 0. The molecule has 47 valence electrons. The number of benzene rings is 1. The van der Waals surface area contributed by atoms with Crippen molar-refractivity contribution in [3.8, 4) is 0 Å². The molecule has 0 N–H and O–H groups in total. The average Bonchev–Trinajstić information content (AvgIpc) is 1.72. The van der Waals surface area contributed by atoms with Crippen molar-refractivity contribution in [2.45, 2.75) is 0 Å². The van der Waals surface area contributed by atoms with E-state index in [4.69, 9.17) is 0 Å². The summed E-state index contributed by atoms with van der Waals surface area (Å²) in [4.78, 5) is 0. The minimum absolute atomic E-state index is 0. The van der Waals surface area contributed by atoms with Gasteiger partial charge in [0.05, 0.1) is 0 Å². The van der Waals surface area contributed by atoms with Crippen LogP contribution in [0.1, 0.15) is 0 Å². The summed E-state index contributed by atoms with van der Waals surface area (Å²) in [6.45, 7) is 0. The molecule has 0 fully saturated rings. The SMILES string of the molecule is [CH3-].[CH3-].[Ti+3].[c-]1ccccc1. The molecule has 0 heterocycles. The first kappa shape index (κ1) is 16.0. The molecular formula is C8H11Ti. The van der Waals surface area contributed by atoms with E-state index in [0.717, 1.165) is 0 Å². The molecule has 0 spiro atoms. The summed E-state index contributed by atoms with van der Waals surface area (Å²) in [5, 5.41) is 0. The molecule has 1 rings (SSSR count). The molecule has 1 aromatic carbocycles. The molecule has 1 radical (unpaired) electrons. The van der Waals surface area contributed by atoms with E-state index >= 15 is 0 Å². The monoisotopic (exact) mass is 155 g/mol. The third kappa shape index (κ3) is 7.93. The molecule has 0 atom stereocenters. The van der Waals surface area contributed by atoms with Crippen LogP contribution in [-0.4, -0.2) is 0 Å². The van der Waals surface area contributed by atoms with Crippen molar-refractivity contribution in [2.24, 2.45) is 0 Å². The average molecular weight is 155 g/mol. The van der Waals surface area contributed by atoms with Crippen LogP contribution in [0.3, 0.4) is 0 Å². The third-order valence-corrected chi connectivity index (χ3v) is 0.607. The Morgan fingerprint density at radius 2 is 1.22 bits per heavy atom. The second-order valence-corrected chi connectivity index (χ2v) is 1.08. The predicted octanol–water partition coefficient (Wildman–Crippen LogP) is 2.38. The fourth-order valence-corrected chi connectivity index (χ4v) is 0.342. The van der Waals surface area contributed by atoms with Gasteiger partial charge in [0.15, 0.2) is 0 Å². The summed E-state index contributed by atoms with van der Waals surface area (Å²) in [5.74, 6) is 0. The van der Waals surface area contributed by atoms with Crippen LogP contribution in [-0.2, 0) is 21.7 Å². The fraction of sp³-hybridized carbons (Fsp3) is 0. The summed E-state index contributed by atoms with van der Waals surface area (Å²) in [6, 6.07) is 12.5.